The van der Waals surface area contributed by atoms with Crippen molar-refractivity contribution in [2.45, 2.75) is 6.42 Å². The minimum Gasteiger partial charge on any atom is -0.496 e. The van der Waals surface area contributed by atoms with Crippen LogP contribution in [0, 0.1) is 0 Å². The fraction of sp³-hybridized carbons (Fsp3) is 0.250. The molecule has 0 fully saturated rings. The van der Waals surface area contributed by atoms with Crippen LogP contribution >= 0.6 is 0 Å². The number of pyridine rings is 1. The molecule has 0 bridgehead atoms. The van der Waals surface area contributed by atoms with Gasteiger partial charge in [0.2, 0.25) is 5.56 Å². The van der Waals surface area contributed by atoms with Crippen LogP contribution in [0.3, 0.4) is 0 Å². The van der Waals surface area contributed by atoms with Crippen LogP contribution in [0.4, 0.5) is 0 Å². The zero-order valence-electron chi connectivity index (χ0n) is 9.91. The molecule has 0 saturated carbocycles. The van der Waals surface area contributed by atoms with Gasteiger partial charge in [0.25, 0.3) is 0 Å². The number of benzene rings is 1. The van der Waals surface area contributed by atoms with Gasteiger partial charge in [-0.3, -0.25) is 4.79 Å². The van der Waals surface area contributed by atoms with E-state index in [9.17, 15) is 4.79 Å². The van der Waals surface area contributed by atoms with Gasteiger partial charge in [-0.15, -0.1) is 0 Å². The number of hydrogen-bond donors (Lipinski definition) is 2. The summed E-state index contributed by atoms with van der Waals surface area (Å²) in [5.41, 5.74) is 2.42. The van der Waals surface area contributed by atoms with Crippen molar-refractivity contribution in [1.29, 1.82) is 0 Å². The molecule has 0 radical (unpaired) electrons. The monoisotopic (exact) mass is 231 g/mol. The molecular formula is C12H14BNO3. The molecule has 2 aromatic rings. The standard InChI is InChI=1S/C12H14BNO3/c1-17-9-3-2-8(13)12-11(9)7(4-5-15)6-10(16)14-12/h2-3,6,15H,4-5,13H2,1H3,(H,14,16). The first-order valence-corrected chi connectivity index (χ1v) is 5.47. The summed E-state index contributed by atoms with van der Waals surface area (Å²) in [6.45, 7) is 0.00957. The molecule has 0 unspecified atom stereocenters. The summed E-state index contributed by atoms with van der Waals surface area (Å²) < 4.78 is 5.31. The van der Waals surface area contributed by atoms with Crippen LogP contribution in [0.2, 0.25) is 0 Å². The molecule has 0 aliphatic rings. The van der Waals surface area contributed by atoms with Crippen LogP contribution in [0.25, 0.3) is 10.9 Å². The Balaban J connectivity index is 2.87. The molecular weight excluding hydrogens is 217 g/mol. The maximum absolute atomic E-state index is 11.6. The lowest BCUT2D eigenvalue weighted by Crippen LogP contribution is -2.15. The molecule has 0 amide bonds. The molecule has 0 aliphatic heterocycles. The Hall–Kier alpha value is -1.75. The normalized spacial score (nSPS) is 10.7. The molecule has 2 rings (SSSR count). The largest absolute Gasteiger partial charge is 0.496 e. The van der Waals surface area contributed by atoms with E-state index >= 15 is 0 Å². The Morgan fingerprint density at radius 2 is 2.24 bits per heavy atom. The minimum atomic E-state index is -0.155. The van der Waals surface area contributed by atoms with E-state index in [1.54, 1.807) is 7.11 Å². The van der Waals surface area contributed by atoms with E-state index in [0.717, 1.165) is 21.9 Å². The van der Waals surface area contributed by atoms with Crippen molar-refractivity contribution >= 4 is 24.2 Å². The zero-order valence-corrected chi connectivity index (χ0v) is 9.91. The smallest absolute Gasteiger partial charge is 0.248 e. The summed E-state index contributed by atoms with van der Waals surface area (Å²) in [5, 5.41) is 9.93. The van der Waals surface area contributed by atoms with Gasteiger partial charge < -0.3 is 14.8 Å². The van der Waals surface area contributed by atoms with Gasteiger partial charge >= 0.3 is 0 Å². The van der Waals surface area contributed by atoms with E-state index < -0.39 is 0 Å². The van der Waals surface area contributed by atoms with Gasteiger partial charge in [-0.25, -0.2) is 0 Å². The number of aliphatic hydroxyl groups excluding tert-OH is 1. The summed E-state index contributed by atoms with van der Waals surface area (Å²) in [5.74, 6) is 0.713. The molecule has 88 valence electrons. The average Bonchev–Trinajstić information content (AvgIpc) is 2.31. The number of aromatic nitrogens is 1. The van der Waals surface area contributed by atoms with Gasteiger partial charge in [0, 0.05) is 23.6 Å². The first kappa shape index (κ1) is 11.7. The molecule has 1 heterocycles. The second-order valence-electron chi connectivity index (χ2n) is 3.97. The third kappa shape index (κ3) is 2.06. The van der Waals surface area contributed by atoms with Crippen molar-refractivity contribution in [3.8, 4) is 5.75 Å². The number of aromatic amines is 1. The number of aliphatic hydroxyl groups is 1. The summed E-state index contributed by atoms with van der Waals surface area (Å²) in [4.78, 5) is 14.4. The maximum atomic E-state index is 11.6. The fourth-order valence-corrected chi connectivity index (χ4v) is 2.05. The number of H-pyrrole nitrogens is 1. The van der Waals surface area contributed by atoms with Gasteiger partial charge in [-0.1, -0.05) is 11.5 Å². The number of hydrogen-bond acceptors (Lipinski definition) is 3. The molecule has 0 saturated heterocycles. The van der Waals surface area contributed by atoms with Crippen LogP contribution in [-0.2, 0) is 6.42 Å². The second-order valence-corrected chi connectivity index (χ2v) is 3.97. The molecule has 0 spiro atoms. The third-order valence-corrected chi connectivity index (χ3v) is 2.85. The Morgan fingerprint density at radius 1 is 1.47 bits per heavy atom. The third-order valence-electron chi connectivity index (χ3n) is 2.85. The van der Waals surface area contributed by atoms with Crippen LogP contribution < -0.4 is 15.8 Å². The SMILES string of the molecule is Bc1ccc(OC)c2c(CCO)cc(=O)[nH]c12. The van der Waals surface area contributed by atoms with E-state index in [1.807, 2.05) is 20.0 Å². The molecule has 5 heteroatoms. The van der Waals surface area contributed by atoms with Crippen LogP contribution in [-0.4, -0.2) is 31.7 Å². The van der Waals surface area contributed by atoms with Crippen molar-refractivity contribution in [2.24, 2.45) is 0 Å². The number of rotatable bonds is 3. The highest BCUT2D eigenvalue weighted by Crippen LogP contribution is 2.25. The Bertz CT molecular complexity index is 606. The number of nitrogens with one attached hydrogen (secondary N) is 1. The Labute approximate surface area is 99.6 Å². The second kappa shape index (κ2) is 4.63. The lowest BCUT2D eigenvalue weighted by molar-refractivity contribution is 0.300. The van der Waals surface area contributed by atoms with Crippen molar-refractivity contribution in [3.63, 3.8) is 0 Å². The quantitative estimate of drug-likeness (QED) is 0.688. The van der Waals surface area contributed by atoms with E-state index in [2.05, 4.69) is 4.98 Å². The summed E-state index contributed by atoms with van der Waals surface area (Å²) >= 11 is 0. The fourth-order valence-electron chi connectivity index (χ4n) is 2.05. The van der Waals surface area contributed by atoms with Gasteiger partial charge in [0.15, 0.2) is 0 Å². The van der Waals surface area contributed by atoms with E-state index in [4.69, 9.17) is 9.84 Å². The highest BCUT2D eigenvalue weighted by Gasteiger charge is 2.10. The highest BCUT2D eigenvalue weighted by atomic mass is 16.5. The van der Waals surface area contributed by atoms with Crippen LogP contribution in [0.5, 0.6) is 5.75 Å². The first-order valence-electron chi connectivity index (χ1n) is 5.47. The van der Waals surface area contributed by atoms with Crippen molar-refractivity contribution in [1.82, 2.24) is 4.98 Å². The maximum Gasteiger partial charge on any atom is 0.248 e. The summed E-state index contributed by atoms with van der Waals surface area (Å²) in [6.07, 6.45) is 0.445. The number of fused-ring (bicyclic) bond motifs is 1. The van der Waals surface area contributed by atoms with Gasteiger partial charge in [0.1, 0.15) is 13.6 Å². The van der Waals surface area contributed by atoms with Crippen molar-refractivity contribution in [3.05, 3.63) is 34.1 Å². The molecule has 2 N–H and O–H groups in total. The minimum absolute atomic E-state index is 0.00957. The topological polar surface area (TPSA) is 62.3 Å². The molecule has 1 aromatic carbocycles. The molecule has 17 heavy (non-hydrogen) atoms. The molecule has 4 nitrogen and oxygen atoms in total. The van der Waals surface area contributed by atoms with E-state index in [1.165, 1.54) is 6.07 Å². The van der Waals surface area contributed by atoms with Gasteiger partial charge in [-0.05, 0) is 18.1 Å². The van der Waals surface area contributed by atoms with Gasteiger partial charge in [0.05, 0.1) is 7.11 Å². The first-order chi connectivity index (χ1) is 8.17. The van der Waals surface area contributed by atoms with Crippen LogP contribution in [0.15, 0.2) is 23.0 Å². The summed E-state index contributed by atoms with van der Waals surface area (Å²) in [7, 11) is 3.53. The highest BCUT2D eigenvalue weighted by molar-refractivity contribution is 6.38. The number of methoxy groups -OCH3 is 1. The molecule has 1 aromatic heterocycles. The lowest BCUT2D eigenvalue weighted by Gasteiger charge is -2.11. The molecule has 0 aliphatic carbocycles. The lowest BCUT2D eigenvalue weighted by atomic mass is 9.91. The van der Waals surface area contributed by atoms with Gasteiger partial charge in [-0.2, -0.15) is 0 Å². The van der Waals surface area contributed by atoms with Crippen molar-refractivity contribution < 1.29 is 9.84 Å². The summed E-state index contributed by atoms with van der Waals surface area (Å²) in [6, 6.07) is 5.29. The Kier molecular flexibility index (Phi) is 3.20. The number of ether oxygens (including phenoxy) is 1. The average molecular weight is 231 g/mol. The van der Waals surface area contributed by atoms with E-state index in [-0.39, 0.29) is 12.2 Å². The predicted octanol–water partition coefficient (Wildman–Crippen LogP) is -0.670. The van der Waals surface area contributed by atoms with Crippen molar-refractivity contribution in [2.75, 3.05) is 13.7 Å². The molecule has 0 atom stereocenters. The van der Waals surface area contributed by atoms with Crippen LogP contribution in [0.1, 0.15) is 5.56 Å². The predicted molar refractivity (Wildman–Crippen MR) is 70.1 cm³/mol. The zero-order chi connectivity index (χ0) is 12.4. The Morgan fingerprint density at radius 3 is 2.88 bits per heavy atom. The van der Waals surface area contributed by atoms with E-state index in [0.29, 0.717) is 12.2 Å².